The summed E-state index contributed by atoms with van der Waals surface area (Å²) in [6, 6.07) is 10.5. The fourth-order valence-corrected chi connectivity index (χ4v) is 4.77. The van der Waals surface area contributed by atoms with Crippen molar-refractivity contribution in [3.05, 3.63) is 58.1 Å². The molecule has 0 aliphatic rings. The van der Waals surface area contributed by atoms with Crippen molar-refractivity contribution in [3.63, 3.8) is 0 Å². The number of hydrogen-bond acceptors (Lipinski definition) is 5. The van der Waals surface area contributed by atoms with E-state index in [1.54, 1.807) is 49.4 Å². The number of nitrogens with one attached hydrogen (secondary N) is 1. The number of benzene rings is 2. The van der Waals surface area contributed by atoms with E-state index in [9.17, 15) is 18.0 Å². The summed E-state index contributed by atoms with van der Waals surface area (Å²) in [6.07, 6.45) is 2.69. The molecule has 0 saturated carbocycles. The van der Waals surface area contributed by atoms with Gasteiger partial charge < -0.3 is 15.0 Å². The van der Waals surface area contributed by atoms with Crippen molar-refractivity contribution in [2.24, 2.45) is 0 Å². The highest BCUT2D eigenvalue weighted by molar-refractivity contribution is 7.92. The van der Waals surface area contributed by atoms with Crippen LogP contribution in [0.4, 0.5) is 5.69 Å². The van der Waals surface area contributed by atoms with Crippen molar-refractivity contribution >= 4 is 50.7 Å². The van der Waals surface area contributed by atoms with Crippen LogP contribution in [0.5, 0.6) is 5.75 Å². The first-order valence-electron chi connectivity index (χ1n) is 11.1. The van der Waals surface area contributed by atoms with Crippen molar-refractivity contribution in [1.29, 1.82) is 0 Å². The zero-order valence-electron chi connectivity index (χ0n) is 20.3. The smallest absolute Gasteiger partial charge is 0.244 e. The van der Waals surface area contributed by atoms with Crippen molar-refractivity contribution in [2.75, 3.05) is 30.8 Å². The Morgan fingerprint density at radius 2 is 1.71 bits per heavy atom. The van der Waals surface area contributed by atoms with E-state index in [1.165, 1.54) is 12.0 Å². The summed E-state index contributed by atoms with van der Waals surface area (Å²) in [7, 11) is -2.47. The second-order valence-electron chi connectivity index (χ2n) is 7.98. The molecule has 0 bridgehead atoms. The molecule has 0 aliphatic carbocycles. The van der Waals surface area contributed by atoms with Crippen LogP contribution in [0.3, 0.4) is 0 Å². The molecule has 2 rings (SSSR count). The summed E-state index contributed by atoms with van der Waals surface area (Å²) in [5.74, 6) is -0.676. The van der Waals surface area contributed by atoms with Crippen LogP contribution in [0.25, 0.3) is 0 Å². The highest BCUT2D eigenvalue weighted by Gasteiger charge is 2.31. The Morgan fingerprint density at radius 3 is 2.29 bits per heavy atom. The molecule has 0 heterocycles. The molecule has 8 nitrogen and oxygen atoms in total. The van der Waals surface area contributed by atoms with Crippen molar-refractivity contribution in [2.45, 2.75) is 39.3 Å². The van der Waals surface area contributed by atoms with E-state index in [1.807, 2.05) is 6.92 Å². The molecular formula is C24H31Cl2N3O5S. The van der Waals surface area contributed by atoms with Gasteiger partial charge in [-0.05, 0) is 37.6 Å². The molecule has 192 valence electrons. The van der Waals surface area contributed by atoms with Gasteiger partial charge >= 0.3 is 0 Å². The Kier molecular flexibility index (Phi) is 10.7. The number of amides is 2. The predicted molar refractivity (Wildman–Crippen MR) is 140 cm³/mol. The van der Waals surface area contributed by atoms with Gasteiger partial charge in [0.2, 0.25) is 21.8 Å². The van der Waals surface area contributed by atoms with Gasteiger partial charge in [0.15, 0.2) is 0 Å². The number of carbonyl (C=O) groups is 2. The van der Waals surface area contributed by atoms with E-state index in [0.717, 1.165) is 23.4 Å². The molecule has 0 fully saturated rings. The van der Waals surface area contributed by atoms with Crippen LogP contribution in [-0.4, -0.2) is 57.6 Å². The molecule has 0 aliphatic heterocycles. The summed E-state index contributed by atoms with van der Waals surface area (Å²) in [5.41, 5.74) is 0.669. The number of anilines is 1. The van der Waals surface area contributed by atoms with Crippen LogP contribution < -0.4 is 14.4 Å². The lowest BCUT2D eigenvalue weighted by atomic mass is 10.1. The molecule has 11 heteroatoms. The summed E-state index contributed by atoms with van der Waals surface area (Å²) >= 11 is 12.7. The molecule has 0 saturated heterocycles. The largest absolute Gasteiger partial charge is 0.495 e. The van der Waals surface area contributed by atoms with E-state index >= 15 is 0 Å². The summed E-state index contributed by atoms with van der Waals surface area (Å²) in [5, 5.41) is 3.48. The maximum absolute atomic E-state index is 13.6. The van der Waals surface area contributed by atoms with Gasteiger partial charge in [-0.2, -0.15) is 0 Å². The molecule has 0 spiro atoms. The van der Waals surface area contributed by atoms with Gasteiger partial charge in [0.1, 0.15) is 18.3 Å². The molecule has 0 radical (unpaired) electrons. The Morgan fingerprint density at radius 1 is 1.09 bits per heavy atom. The maximum Gasteiger partial charge on any atom is 0.244 e. The second-order valence-corrected chi connectivity index (χ2v) is 10.7. The van der Waals surface area contributed by atoms with Crippen LogP contribution in [0.1, 0.15) is 32.3 Å². The topological polar surface area (TPSA) is 96.0 Å². The number of sulfonamides is 1. The van der Waals surface area contributed by atoms with Crippen molar-refractivity contribution < 1.29 is 22.7 Å². The van der Waals surface area contributed by atoms with Crippen LogP contribution in [0.15, 0.2) is 42.5 Å². The molecular weight excluding hydrogens is 513 g/mol. The first kappa shape index (κ1) is 28.7. The SMILES string of the molecule is CCCCNC(=O)[C@@H](C)N(Cc1c(Cl)cccc1Cl)C(=O)CN(c1ccccc1OC)S(C)(=O)=O. The molecule has 0 aromatic heterocycles. The third kappa shape index (κ3) is 7.75. The van der Waals surface area contributed by atoms with Gasteiger partial charge in [0, 0.05) is 28.7 Å². The monoisotopic (exact) mass is 543 g/mol. The first-order chi connectivity index (χ1) is 16.5. The van der Waals surface area contributed by atoms with Crippen LogP contribution in [0, 0.1) is 0 Å². The number of hydrogen-bond donors (Lipinski definition) is 1. The predicted octanol–water partition coefficient (Wildman–Crippen LogP) is 4.10. The van der Waals surface area contributed by atoms with Crippen LogP contribution >= 0.6 is 23.2 Å². The number of para-hydroxylation sites is 2. The average molecular weight is 545 g/mol. The van der Waals surface area contributed by atoms with Gasteiger partial charge in [0.25, 0.3) is 0 Å². The van der Waals surface area contributed by atoms with E-state index in [0.29, 0.717) is 22.2 Å². The highest BCUT2D eigenvalue weighted by atomic mass is 35.5. The van der Waals surface area contributed by atoms with E-state index in [-0.39, 0.29) is 23.9 Å². The highest BCUT2D eigenvalue weighted by Crippen LogP contribution is 2.30. The van der Waals surface area contributed by atoms with Gasteiger partial charge in [-0.25, -0.2) is 8.42 Å². The minimum absolute atomic E-state index is 0.0801. The van der Waals surface area contributed by atoms with E-state index < -0.39 is 28.5 Å². The van der Waals surface area contributed by atoms with Gasteiger partial charge in [-0.1, -0.05) is 54.7 Å². The lowest BCUT2D eigenvalue weighted by molar-refractivity contribution is -0.139. The fourth-order valence-electron chi connectivity index (χ4n) is 3.40. The van der Waals surface area contributed by atoms with Gasteiger partial charge in [-0.3, -0.25) is 13.9 Å². The van der Waals surface area contributed by atoms with Gasteiger partial charge in [-0.15, -0.1) is 0 Å². The number of ether oxygens (including phenoxy) is 1. The molecule has 1 N–H and O–H groups in total. The van der Waals surface area contributed by atoms with E-state index in [4.69, 9.17) is 27.9 Å². The molecule has 0 unspecified atom stereocenters. The summed E-state index contributed by atoms with van der Waals surface area (Å²) in [4.78, 5) is 27.7. The molecule has 1 atom stereocenters. The lowest BCUT2D eigenvalue weighted by Gasteiger charge is -2.32. The fraction of sp³-hybridized carbons (Fsp3) is 0.417. The van der Waals surface area contributed by atoms with Crippen molar-refractivity contribution in [3.8, 4) is 5.75 Å². The average Bonchev–Trinajstić information content (AvgIpc) is 2.81. The first-order valence-corrected chi connectivity index (χ1v) is 13.7. The number of unbranched alkanes of at least 4 members (excludes halogenated alkanes) is 1. The summed E-state index contributed by atoms with van der Waals surface area (Å²) in [6.45, 7) is 3.42. The molecule has 2 aromatic carbocycles. The second kappa shape index (κ2) is 13.0. The van der Waals surface area contributed by atoms with Crippen LogP contribution in [0.2, 0.25) is 10.0 Å². The Balaban J connectivity index is 2.45. The van der Waals surface area contributed by atoms with Gasteiger partial charge in [0.05, 0.1) is 19.1 Å². The Labute approximate surface area is 217 Å². The number of methoxy groups -OCH3 is 1. The molecule has 2 amide bonds. The van der Waals surface area contributed by atoms with Crippen LogP contribution in [-0.2, 0) is 26.2 Å². The third-order valence-electron chi connectivity index (χ3n) is 5.42. The standard InChI is InChI=1S/C24H31Cl2N3O5S/c1-5-6-14-27-24(31)17(2)28(15-18-19(25)10-9-11-20(18)26)23(30)16-29(35(4,32)33)21-12-7-8-13-22(21)34-3/h7-13,17H,5-6,14-16H2,1-4H3,(H,27,31)/t17-/m1/s1. The number of halogens is 2. The Hall–Kier alpha value is -2.49. The van der Waals surface area contributed by atoms with Crippen molar-refractivity contribution in [1.82, 2.24) is 10.2 Å². The number of rotatable bonds is 12. The zero-order chi connectivity index (χ0) is 26.2. The third-order valence-corrected chi connectivity index (χ3v) is 7.25. The Bertz CT molecular complexity index is 1120. The number of carbonyl (C=O) groups excluding carboxylic acids is 2. The minimum atomic E-state index is -3.88. The van der Waals surface area contributed by atoms with E-state index in [2.05, 4.69) is 5.32 Å². The quantitative estimate of drug-likeness (QED) is 0.406. The minimum Gasteiger partial charge on any atom is -0.495 e. The lowest BCUT2D eigenvalue weighted by Crippen LogP contribution is -2.51. The summed E-state index contributed by atoms with van der Waals surface area (Å²) < 4.78 is 31.6. The molecule has 2 aromatic rings. The normalized spacial score (nSPS) is 12.1. The molecule has 35 heavy (non-hydrogen) atoms. The maximum atomic E-state index is 13.6. The number of nitrogens with zero attached hydrogens (tertiary/aromatic N) is 2. The zero-order valence-corrected chi connectivity index (χ0v) is 22.6.